The monoisotopic (exact) mass is 290 g/mol. The lowest BCUT2D eigenvalue weighted by molar-refractivity contribution is -0.00996. The predicted molar refractivity (Wildman–Crippen MR) is 61.2 cm³/mol. The van der Waals surface area contributed by atoms with E-state index in [1.54, 1.807) is 0 Å². The molecular weight excluding hydrogens is 283 g/mol. The molecule has 2 radical (unpaired) electrons. The second-order valence-corrected chi connectivity index (χ2v) is 5.02. The molecule has 2 N–H and O–H groups in total. The van der Waals surface area contributed by atoms with Crippen molar-refractivity contribution in [1.82, 2.24) is 0 Å². The van der Waals surface area contributed by atoms with Crippen LogP contribution in [0.1, 0.15) is 10.4 Å². The Balaban J connectivity index is 2.79. The Morgan fingerprint density at radius 1 is 1.47 bits per heavy atom. The summed E-state index contributed by atoms with van der Waals surface area (Å²) >= 11 is 0. The number of carbonyl (C=O) groups excluding carboxylic acids is 1. The quantitative estimate of drug-likeness (QED) is 0.342. The van der Waals surface area contributed by atoms with E-state index in [0.717, 1.165) is 12.1 Å². The van der Waals surface area contributed by atoms with Crippen molar-refractivity contribution in [2.75, 3.05) is 12.3 Å². The van der Waals surface area contributed by atoms with Crippen molar-refractivity contribution in [1.29, 1.82) is 0 Å². The molecule has 10 heteroatoms. The first-order chi connectivity index (χ1) is 8.54. The van der Waals surface area contributed by atoms with Crippen LogP contribution in [0.4, 0.5) is 14.5 Å². The highest BCUT2D eigenvalue weighted by molar-refractivity contribution is 7.86. The molecule has 1 rings (SSSR count). The second kappa shape index (κ2) is 5.13. The van der Waals surface area contributed by atoms with Gasteiger partial charge in [-0.3, -0.25) is 0 Å². The summed E-state index contributed by atoms with van der Waals surface area (Å²) in [5, 5.41) is -4.69. The van der Waals surface area contributed by atoms with Crippen LogP contribution in [0.15, 0.2) is 18.2 Å². The first-order valence-corrected chi connectivity index (χ1v) is 6.11. The summed E-state index contributed by atoms with van der Waals surface area (Å²) in [6.07, 6.45) is 0. The Kier molecular flexibility index (Phi) is 4.16. The van der Waals surface area contributed by atoms with Gasteiger partial charge in [-0.15, -0.1) is 0 Å². The van der Waals surface area contributed by atoms with Gasteiger partial charge in [-0.2, -0.15) is 8.78 Å². The summed E-state index contributed by atoms with van der Waals surface area (Å²) in [5.41, 5.74) is 5.36. The van der Waals surface area contributed by atoms with Gasteiger partial charge in [0.05, 0.1) is 5.56 Å². The van der Waals surface area contributed by atoms with Gasteiger partial charge in [0.25, 0.3) is 0 Å². The Bertz CT molecular complexity index is 605. The minimum atomic E-state index is -5.90. The summed E-state index contributed by atoms with van der Waals surface area (Å²) in [6, 6.07) is 3.47. The van der Waals surface area contributed by atoms with Gasteiger partial charge in [-0.25, -0.2) is 13.2 Å². The SMILES string of the molecule is [B]c1cc(C(=O)OCC(F)(F)S(=O)(=O)[O-])ccc1N. The highest BCUT2D eigenvalue weighted by atomic mass is 32.2. The maximum Gasteiger partial charge on any atom is 0.367 e. The highest BCUT2D eigenvalue weighted by Crippen LogP contribution is 2.21. The molecule has 102 valence electrons. The highest BCUT2D eigenvalue weighted by Gasteiger charge is 2.39. The van der Waals surface area contributed by atoms with Gasteiger partial charge in [-0.1, -0.05) is 11.5 Å². The van der Waals surface area contributed by atoms with Crippen LogP contribution in [0.5, 0.6) is 0 Å². The Labute approximate surface area is 108 Å². The van der Waals surface area contributed by atoms with E-state index >= 15 is 0 Å². The molecule has 0 unspecified atom stereocenters. The summed E-state index contributed by atoms with van der Waals surface area (Å²) in [7, 11) is -0.518. The van der Waals surface area contributed by atoms with E-state index < -0.39 is 27.9 Å². The van der Waals surface area contributed by atoms with Crippen LogP contribution in [0.2, 0.25) is 0 Å². The third-order valence-corrected chi connectivity index (χ3v) is 2.91. The Hall–Kier alpha value is -1.68. The number of alkyl halides is 2. The van der Waals surface area contributed by atoms with Crippen LogP contribution < -0.4 is 11.2 Å². The summed E-state index contributed by atoms with van der Waals surface area (Å²) in [4.78, 5) is 11.3. The molecular formula is C9H7BF2NO5S-. The van der Waals surface area contributed by atoms with Crippen molar-refractivity contribution in [3.05, 3.63) is 23.8 Å². The predicted octanol–water partition coefficient (Wildman–Crippen LogP) is -0.643. The van der Waals surface area contributed by atoms with Gasteiger partial charge in [0, 0.05) is 5.69 Å². The van der Waals surface area contributed by atoms with Crippen molar-refractivity contribution in [3.63, 3.8) is 0 Å². The van der Waals surface area contributed by atoms with E-state index in [9.17, 15) is 26.5 Å². The molecule has 1 aromatic rings. The van der Waals surface area contributed by atoms with Crippen LogP contribution in [-0.2, 0) is 14.9 Å². The normalized spacial score (nSPS) is 12.2. The van der Waals surface area contributed by atoms with Crippen molar-refractivity contribution >= 4 is 35.1 Å². The molecule has 0 heterocycles. The average Bonchev–Trinajstić information content (AvgIpc) is 2.28. The Morgan fingerprint density at radius 2 is 2.05 bits per heavy atom. The van der Waals surface area contributed by atoms with E-state index in [1.807, 2.05) is 0 Å². The number of carbonyl (C=O) groups is 1. The maximum absolute atomic E-state index is 12.7. The number of rotatable bonds is 4. The van der Waals surface area contributed by atoms with Crippen LogP contribution in [0.25, 0.3) is 0 Å². The number of esters is 1. The zero-order valence-electron chi connectivity index (χ0n) is 9.30. The second-order valence-electron chi connectivity index (χ2n) is 3.51. The largest absolute Gasteiger partial charge is 0.743 e. The third kappa shape index (κ3) is 3.64. The van der Waals surface area contributed by atoms with Crippen LogP contribution >= 0.6 is 0 Å². The van der Waals surface area contributed by atoms with Crippen LogP contribution in [-0.4, -0.2) is 38.6 Å². The van der Waals surface area contributed by atoms with E-state index in [2.05, 4.69) is 4.74 Å². The number of hydrogen-bond acceptors (Lipinski definition) is 6. The molecule has 0 spiro atoms. The molecule has 0 amide bonds. The van der Waals surface area contributed by atoms with Crippen molar-refractivity contribution in [2.24, 2.45) is 0 Å². The van der Waals surface area contributed by atoms with E-state index in [-0.39, 0.29) is 16.7 Å². The fourth-order valence-corrected chi connectivity index (χ4v) is 1.21. The first kappa shape index (κ1) is 15.4. The maximum atomic E-state index is 12.7. The van der Waals surface area contributed by atoms with Gasteiger partial charge in [0.2, 0.25) is 0 Å². The minimum Gasteiger partial charge on any atom is -0.743 e. The van der Waals surface area contributed by atoms with E-state index in [0.29, 0.717) is 0 Å². The smallest absolute Gasteiger partial charge is 0.367 e. The van der Waals surface area contributed by atoms with Crippen LogP contribution in [0, 0.1) is 0 Å². The number of halogens is 2. The standard InChI is InChI=1S/C9H8BF2NO5S/c10-6-3-5(1-2-7(6)13)8(14)18-4-9(11,12)19(15,16)17/h1-3H,4,13H2,(H,15,16,17)/p-1. The molecule has 0 bridgehead atoms. The van der Waals surface area contributed by atoms with Gasteiger partial charge in [0.1, 0.15) is 7.85 Å². The lowest BCUT2D eigenvalue weighted by atomic mass is 9.92. The van der Waals surface area contributed by atoms with Gasteiger partial charge < -0.3 is 15.0 Å². The molecule has 0 aromatic heterocycles. The molecule has 0 fully saturated rings. The summed E-state index contributed by atoms with van der Waals surface area (Å²) < 4.78 is 60.0. The fraction of sp³-hybridized carbons (Fsp3) is 0.222. The molecule has 6 nitrogen and oxygen atoms in total. The number of nitrogens with two attached hydrogens (primary N) is 1. The van der Waals surface area contributed by atoms with E-state index in [4.69, 9.17) is 13.6 Å². The number of benzene rings is 1. The zero-order valence-corrected chi connectivity index (χ0v) is 10.1. The fourth-order valence-electron chi connectivity index (χ4n) is 1.01. The third-order valence-electron chi connectivity index (χ3n) is 2.06. The summed E-state index contributed by atoms with van der Waals surface area (Å²) in [5.74, 6) is -1.25. The molecule has 1 aromatic carbocycles. The Morgan fingerprint density at radius 3 is 2.53 bits per heavy atom. The lowest BCUT2D eigenvalue weighted by Crippen LogP contribution is -2.34. The van der Waals surface area contributed by atoms with Gasteiger partial charge >= 0.3 is 11.2 Å². The number of nitrogen functional groups attached to an aromatic ring is 1. The van der Waals surface area contributed by atoms with E-state index in [1.165, 1.54) is 6.07 Å². The van der Waals surface area contributed by atoms with Crippen LogP contribution in [0.3, 0.4) is 0 Å². The molecule has 0 atom stereocenters. The summed E-state index contributed by atoms with van der Waals surface area (Å²) in [6.45, 7) is -1.87. The number of ether oxygens (including phenoxy) is 1. The molecule has 19 heavy (non-hydrogen) atoms. The molecule has 0 aliphatic heterocycles. The van der Waals surface area contributed by atoms with Crippen molar-refractivity contribution in [3.8, 4) is 0 Å². The first-order valence-electron chi connectivity index (χ1n) is 4.70. The van der Waals surface area contributed by atoms with Crippen molar-refractivity contribution < 1.29 is 31.3 Å². The molecule has 0 saturated heterocycles. The number of hydrogen-bond donors (Lipinski definition) is 1. The van der Waals surface area contributed by atoms with Gasteiger partial charge in [-0.05, 0) is 12.1 Å². The molecule has 0 saturated carbocycles. The lowest BCUT2D eigenvalue weighted by Gasteiger charge is -2.19. The van der Waals surface area contributed by atoms with Gasteiger partial charge in [0.15, 0.2) is 16.7 Å². The average molecular weight is 290 g/mol. The van der Waals surface area contributed by atoms with Crippen molar-refractivity contribution in [2.45, 2.75) is 5.25 Å². The topological polar surface area (TPSA) is 110 Å². The number of anilines is 1. The molecule has 0 aliphatic carbocycles. The minimum absolute atomic E-state index is 0.0256. The molecule has 0 aliphatic rings. The zero-order chi connectivity index (χ0) is 14.8.